The molecule has 0 radical (unpaired) electrons. The summed E-state index contributed by atoms with van der Waals surface area (Å²) in [6.45, 7) is 1.89. The van der Waals surface area contributed by atoms with Gasteiger partial charge in [0.25, 0.3) is 0 Å². The van der Waals surface area contributed by atoms with Gasteiger partial charge in [0.2, 0.25) is 5.91 Å². The lowest BCUT2D eigenvalue weighted by molar-refractivity contribution is -0.138. The number of rotatable bonds is 6. The lowest BCUT2D eigenvalue weighted by Gasteiger charge is -2.37. The Balaban J connectivity index is 1.63. The highest BCUT2D eigenvalue weighted by molar-refractivity contribution is 7.85. The van der Waals surface area contributed by atoms with Gasteiger partial charge in [0.15, 0.2) is 0 Å². The van der Waals surface area contributed by atoms with Gasteiger partial charge in [-0.1, -0.05) is 18.2 Å². The zero-order valence-electron chi connectivity index (χ0n) is 10.4. The Hall–Kier alpha value is -1.36. The molecule has 1 fully saturated rings. The fourth-order valence-electron chi connectivity index (χ4n) is 1.87. The number of carbonyl (C=O) groups is 1. The molecule has 0 aliphatic carbocycles. The molecule has 0 N–H and O–H groups in total. The second-order valence-corrected chi connectivity index (χ2v) is 5.85. The molecule has 1 heterocycles. The van der Waals surface area contributed by atoms with Gasteiger partial charge in [-0.2, -0.15) is 0 Å². The second-order valence-electron chi connectivity index (χ2n) is 4.29. The van der Waals surface area contributed by atoms with Crippen molar-refractivity contribution in [1.29, 1.82) is 0 Å². The Kier molecular flexibility index (Phi) is 4.36. The first-order chi connectivity index (χ1) is 8.68. The maximum Gasteiger partial charge on any atom is 0.240 e. The molecule has 1 aliphatic rings. The Morgan fingerprint density at radius 2 is 2.11 bits per heavy atom. The van der Waals surface area contributed by atoms with Crippen LogP contribution < -0.4 is 4.74 Å². The molecule has 2 rings (SSSR count). The minimum Gasteiger partial charge on any atom is -0.494 e. The Labute approximate surface area is 109 Å². The highest BCUT2D eigenvalue weighted by Crippen LogP contribution is 2.15. The molecule has 4 nitrogen and oxygen atoms in total. The predicted octanol–water partition coefficient (Wildman–Crippen LogP) is 1.04. The number of likely N-dealkylation sites (tertiary alicyclic amines) is 1. The fraction of sp³-hybridized carbons (Fsp3) is 0.462. The van der Waals surface area contributed by atoms with Crippen molar-refractivity contribution in [1.82, 2.24) is 4.90 Å². The molecule has 1 aromatic rings. The van der Waals surface area contributed by atoms with E-state index in [-0.39, 0.29) is 11.2 Å². The molecule has 2 unspecified atom stereocenters. The number of carbonyl (C=O) groups excluding carboxylic acids is 1. The van der Waals surface area contributed by atoms with Gasteiger partial charge in [-0.05, 0) is 18.6 Å². The molecule has 0 aromatic heterocycles. The van der Waals surface area contributed by atoms with Crippen molar-refractivity contribution in [3.63, 3.8) is 0 Å². The van der Waals surface area contributed by atoms with Gasteiger partial charge in [0.05, 0.1) is 6.61 Å². The van der Waals surface area contributed by atoms with Crippen LogP contribution in [0.2, 0.25) is 0 Å². The summed E-state index contributed by atoms with van der Waals surface area (Å²) in [6, 6.07) is 9.61. The Bertz CT molecular complexity index is 435. The zero-order valence-corrected chi connectivity index (χ0v) is 11.2. The van der Waals surface area contributed by atoms with E-state index in [0.29, 0.717) is 19.7 Å². The minimum atomic E-state index is -1.03. The van der Waals surface area contributed by atoms with Crippen LogP contribution in [-0.2, 0) is 15.6 Å². The lowest BCUT2D eigenvalue weighted by atomic mass is 10.2. The number of hydrogen-bond donors (Lipinski definition) is 0. The quantitative estimate of drug-likeness (QED) is 0.571. The summed E-state index contributed by atoms with van der Waals surface area (Å²) in [6.07, 6.45) is 2.38. The number of hydrogen-bond acceptors (Lipinski definition) is 3. The number of ether oxygens (including phenoxy) is 1. The summed E-state index contributed by atoms with van der Waals surface area (Å²) in [7, 11) is -1.03. The van der Waals surface area contributed by atoms with Crippen molar-refractivity contribution >= 4 is 16.7 Å². The molecule has 2 atom stereocenters. The molecular weight excluding hydrogens is 250 g/mol. The predicted molar refractivity (Wildman–Crippen MR) is 71.0 cm³/mol. The summed E-state index contributed by atoms with van der Waals surface area (Å²) >= 11 is 0. The van der Waals surface area contributed by atoms with E-state index < -0.39 is 10.8 Å². The number of amides is 1. The van der Waals surface area contributed by atoms with Crippen molar-refractivity contribution in [3.05, 3.63) is 30.3 Å². The first kappa shape index (κ1) is 13.1. The summed E-state index contributed by atoms with van der Waals surface area (Å²) in [5.74, 6) is 0.857. The van der Waals surface area contributed by atoms with Crippen LogP contribution in [0.1, 0.15) is 6.42 Å². The van der Waals surface area contributed by atoms with Crippen LogP contribution in [0.15, 0.2) is 30.3 Å². The average molecular weight is 267 g/mol. The third-order valence-corrected chi connectivity index (χ3v) is 4.11. The molecule has 0 bridgehead atoms. The summed E-state index contributed by atoms with van der Waals surface area (Å²) < 4.78 is 16.7. The normalized spacial score (nSPS) is 20.4. The number of para-hydroxylation sites is 1. The van der Waals surface area contributed by atoms with Crippen molar-refractivity contribution in [2.75, 3.05) is 26.0 Å². The molecule has 1 amide bonds. The van der Waals surface area contributed by atoms with Crippen LogP contribution in [0.25, 0.3) is 0 Å². The first-order valence-corrected chi connectivity index (χ1v) is 7.59. The van der Waals surface area contributed by atoms with Crippen molar-refractivity contribution in [3.8, 4) is 5.75 Å². The van der Waals surface area contributed by atoms with Gasteiger partial charge in [-0.25, -0.2) is 0 Å². The molecule has 0 spiro atoms. The molecular formula is C13H17NO3S. The largest absolute Gasteiger partial charge is 0.494 e. The van der Waals surface area contributed by atoms with Crippen LogP contribution in [0.5, 0.6) is 5.75 Å². The third kappa shape index (κ3) is 3.10. The number of nitrogens with zero attached hydrogens (tertiary/aromatic N) is 1. The topological polar surface area (TPSA) is 46.6 Å². The zero-order chi connectivity index (χ0) is 13.0. The maximum atomic E-state index is 11.6. The van der Waals surface area contributed by atoms with Crippen molar-refractivity contribution < 1.29 is 13.7 Å². The summed E-state index contributed by atoms with van der Waals surface area (Å²) in [5.41, 5.74) is 0. The van der Waals surface area contributed by atoms with Crippen molar-refractivity contribution in [2.24, 2.45) is 0 Å². The molecule has 5 heteroatoms. The molecule has 18 heavy (non-hydrogen) atoms. The Morgan fingerprint density at radius 1 is 1.39 bits per heavy atom. The van der Waals surface area contributed by atoms with Crippen LogP contribution >= 0.6 is 0 Å². The van der Waals surface area contributed by atoms with E-state index in [1.54, 1.807) is 11.2 Å². The number of β-lactam (4-membered cyclic amide) rings is 1. The van der Waals surface area contributed by atoms with Gasteiger partial charge in [-0.3, -0.25) is 9.00 Å². The third-order valence-electron chi connectivity index (χ3n) is 2.96. The molecule has 1 aliphatic heterocycles. The van der Waals surface area contributed by atoms with Crippen LogP contribution in [0, 0.1) is 0 Å². The van der Waals surface area contributed by atoms with Crippen LogP contribution in [0.3, 0.4) is 0 Å². The molecule has 0 saturated carbocycles. The average Bonchev–Trinajstić information content (AvgIpc) is 2.37. The SMILES string of the molecule is CS(=O)C1CN(CCCOc2ccccc2)C1=O. The monoisotopic (exact) mass is 267 g/mol. The van der Waals surface area contributed by atoms with Crippen molar-refractivity contribution in [2.45, 2.75) is 11.7 Å². The van der Waals surface area contributed by atoms with Gasteiger partial charge in [0, 0.05) is 30.1 Å². The standard InChI is InChI=1S/C13H17NO3S/c1-18(16)12-10-14(13(12)15)8-5-9-17-11-6-3-2-4-7-11/h2-4,6-7,12H,5,8-10H2,1H3. The van der Waals surface area contributed by atoms with E-state index in [9.17, 15) is 9.00 Å². The fourth-order valence-corrected chi connectivity index (χ4v) is 2.69. The Morgan fingerprint density at radius 3 is 2.72 bits per heavy atom. The number of benzene rings is 1. The highest BCUT2D eigenvalue weighted by atomic mass is 32.2. The van der Waals surface area contributed by atoms with Crippen LogP contribution in [-0.4, -0.2) is 46.2 Å². The molecule has 1 aromatic carbocycles. The van der Waals surface area contributed by atoms with E-state index >= 15 is 0 Å². The van der Waals surface area contributed by atoms with E-state index in [2.05, 4.69) is 0 Å². The molecule has 1 saturated heterocycles. The summed E-state index contributed by atoms with van der Waals surface area (Å²) in [4.78, 5) is 13.3. The smallest absolute Gasteiger partial charge is 0.240 e. The maximum absolute atomic E-state index is 11.6. The van der Waals surface area contributed by atoms with Gasteiger partial charge < -0.3 is 9.64 Å². The lowest BCUT2D eigenvalue weighted by Crippen LogP contribution is -2.58. The first-order valence-electron chi connectivity index (χ1n) is 5.97. The van der Waals surface area contributed by atoms with E-state index in [0.717, 1.165) is 12.2 Å². The van der Waals surface area contributed by atoms with E-state index in [1.165, 1.54) is 0 Å². The van der Waals surface area contributed by atoms with Gasteiger partial charge >= 0.3 is 0 Å². The van der Waals surface area contributed by atoms with Crippen LogP contribution in [0.4, 0.5) is 0 Å². The highest BCUT2D eigenvalue weighted by Gasteiger charge is 2.38. The summed E-state index contributed by atoms with van der Waals surface area (Å²) in [5, 5.41) is -0.278. The van der Waals surface area contributed by atoms with E-state index in [4.69, 9.17) is 4.74 Å². The second kappa shape index (κ2) is 6.00. The van der Waals surface area contributed by atoms with Gasteiger partial charge in [-0.15, -0.1) is 0 Å². The van der Waals surface area contributed by atoms with E-state index in [1.807, 2.05) is 30.3 Å². The molecule has 98 valence electrons. The van der Waals surface area contributed by atoms with Gasteiger partial charge in [0.1, 0.15) is 11.0 Å². The minimum absolute atomic E-state index is 0.00976.